The SMILES string of the molecule is Cc1c(C(=O)NCCN(C)c2ccccc2)sc2ncnc(N3CCOCC3)c12. The van der Waals surface area contributed by atoms with Crippen LogP contribution in [-0.4, -0.2) is 62.3 Å². The quantitative estimate of drug-likeness (QED) is 0.673. The second kappa shape index (κ2) is 8.75. The number of fused-ring (bicyclic) bond motifs is 1. The van der Waals surface area contributed by atoms with Gasteiger partial charge in [-0.25, -0.2) is 9.97 Å². The minimum atomic E-state index is -0.0557. The van der Waals surface area contributed by atoms with E-state index >= 15 is 0 Å². The van der Waals surface area contributed by atoms with E-state index in [1.165, 1.54) is 11.3 Å². The molecule has 1 aliphatic rings. The van der Waals surface area contributed by atoms with Gasteiger partial charge >= 0.3 is 0 Å². The lowest BCUT2D eigenvalue weighted by Gasteiger charge is -2.28. The molecular weight excluding hydrogens is 386 g/mol. The van der Waals surface area contributed by atoms with E-state index in [1.807, 2.05) is 32.2 Å². The summed E-state index contributed by atoms with van der Waals surface area (Å²) in [6.07, 6.45) is 1.58. The fraction of sp³-hybridized carbons (Fsp3) is 0.381. The van der Waals surface area contributed by atoms with Gasteiger partial charge in [0.2, 0.25) is 0 Å². The molecule has 1 aromatic carbocycles. The number of hydrogen-bond acceptors (Lipinski definition) is 7. The highest BCUT2D eigenvalue weighted by atomic mass is 32.1. The number of thiophene rings is 1. The molecule has 0 spiro atoms. The first kappa shape index (κ1) is 19.6. The lowest BCUT2D eigenvalue weighted by molar-refractivity contribution is 0.0958. The van der Waals surface area contributed by atoms with Gasteiger partial charge in [-0.2, -0.15) is 0 Å². The number of hydrogen-bond donors (Lipinski definition) is 1. The van der Waals surface area contributed by atoms with Crippen LogP contribution < -0.4 is 15.1 Å². The standard InChI is InChI=1S/C21H25N5O2S/c1-15-17-19(26-10-12-28-13-11-26)23-14-24-21(17)29-18(15)20(27)22-8-9-25(2)16-6-4-3-5-7-16/h3-7,14H,8-13H2,1-2H3,(H,22,27). The van der Waals surface area contributed by atoms with E-state index in [2.05, 4.69) is 37.2 Å². The number of para-hydroxylation sites is 1. The first-order valence-corrected chi connectivity index (χ1v) is 10.6. The van der Waals surface area contributed by atoms with E-state index in [4.69, 9.17) is 4.74 Å². The lowest BCUT2D eigenvalue weighted by atomic mass is 10.2. The predicted octanol–water partition coefficient (Wildman–Crippen LogP) is 2.70. The summed E-state index contributed by atoms with van der Waals surface area (Å²) in [5.41, 5.74) is 2.08. The third-order valence-electron chi connectivity index (χ3n) is 5.15. The third-order valence-corrected chi connectivity index (χ3v) is 6.35. The second-order valence-electron chi connectivity index (χ2n) is 7.05. The average molecular weight is 412 g/mol. The molecule has 1 saturated heterocycles. The fourth-order valence-corrected chi connectivity index (χ4v) is 4.57. The topological polar surface area (TPSA) is 70.6 Å². The number of nitrogens with one attached hydrogen (secondary N) is 1. The molecule has 0 radical (unpaired) electrons. The van der Waals surface area contributed by atoms with Crippen molar-refractivity contribution < 1.29 is 9.53 Å². The molecule has 1 N–H and O–H groups in total. The van der Waals surface area contributed by atoms with E-state index in [0.717, 1.165) is 46.9 Å². The van der Waals surface area contributed by atoms with E-state index in [-0.39, 0.29) is 5.91 Å². The Morgan fingerprint density at radius 1 is 1.24 bits per heavy atom. The Kier molecular flexibility index (Phi) is 5.92. The second-order valence-corrected chi connectivity index (χ2v) is 8.05. The van der Waals surface area contributed by atoms with Crippen LogP contribution >= 0.6 is 11.3 Å². The van der Waals surface area contributed by atoms with Crippen LogP contribution in [0.4, 0.5) is 11.5 Å². The molecule has 29 heavy (non-hydrogen) atoms. The summed E-state index contributed by atoms with van der Waals surface area (Å²) in [5.74, 6) is 0.842. The summed E-state index contributed by atoms with van der Waals surface area (Å²) in [5, 5.41) is 4.03. The molecule has 0 saturated carbocycles. The van der Waals surface area contributed by atoms with Crippen LogP contribution in [0.1, 0.15) is 15.2 Å². The zero-order chi connectivity index (χ0) is 20.2. The number of morpholine rings is 1. The van der Waals surface area contributed by atoms with Gasteiger partial charge in [0.25, 0.3) is 5.91 Å². The minimum Gasteiger partial charge on any atom is -0.378 e. The van der Waals surface area contributed by atoms with Gasteiger partial charge in [0.05, 0.1) is 23.5 Å². The number of nitrogens with zero attached hydrogens (tertiary/aromatic N) is 4. The molecule has 0 aliphatic carbocycles. The largest absolute Gasteiger partial charge is 0.378 e. The van der Waals surface area contributed by atoms with Crippen LogP contribution in [0.2, 0.25) is 0 Å². The molecule has 7 nitrogen and oxygen atoms in total. The van der Waals surface area contributed by atoms with Crippen molar-refractivity contribution in [1.29, 1.82) is 0 Å². The molecule has 152 valence electrons. The molecular formula is C21H25N5O2S. The number of benzene rings is 1. The summed E-state index contributed by atoms with van der Waals surface area (Å²) in [6.45, 7) is 6.27. The normalized spacial score (nSPS) is 14.2. The van der Waals surface area contributed by atoms with Crippen LogP contribution in [-0.2, 0) is 4.74 Å². The molecule has 1 aliphatic heterocycles. The van der Waals surface area contributed by atoms with Gasteiger partial charge in [-0.05, 0) is 24.6 Å². The summed E-state index contributed by atoms with van der Waals surface area (Å²) >= 11 is 1.43. The molecule has 1 fully saturated rings. The van der Waals surface area contributed by atoms with Crippen LogP contribution in [0.15, 0.2) is 36.7 Å². The number of aromatic nitrogens is 2. The maximum absolute atomic E-state index is 12.8. The van der Waals surface area contributed by atoms with E-state index in [0.29, 0.717) is 24.6 Å². The van der Waals surface area contributed by atoms with Crippen molar-refractivity contribution in [3.8, 4) is 0 Å². The highest BCUT2D eigenvalue weighted by Crippen LogP contribution is 2.35. The van der Waals surface area contributed by atoms with E-state index < -0.39 is 0 Å². The van der Waals surface area contributed by atoms with Crippen LogP contribution in [0.25, 0.3) is 10.2 Å². The van der Waals surface area contributed by atoms with Crippen molar-refractivity contribution in [2.75, 3.05) is 56.2 Å². The maximum Gasteiger partial charge on any atom is 0.261 e. The van der Waals surface area contributed by atoms with Crippen molar-refractivity contribution in [3.05, 3.63) is 47.1 Å². The summed E-state index contributed by atoms with van der Waals surface area (Å²) in [7, 11) is 2.02. The molecule has 3 aromatic rings. The molecule has 1 amide bonds. The van der Waals surface area contributed by atoms with Crippen LogP contribution in [0, 0.1) is 6.92 Å². The number of anilines is 2. The number of carbonyl (C=O) groups is 1. The summed E-state index contributed by atoms with van der Waals surface area (Å²) in [6, 6.07) is 10.1. The molecule has 3 heterocycles. The summed E-state index contributed by atoms with van der Waals surface area (Å²) < 4.78 is 5.45. The Hall–Kier alpha value is -2.71. The molecule has 0 unspecified atom stereocenters. The first-order valence-electron chi connectivity index (χ1n) is 9.76. The monoisotopic (exact) mass is 411 g/mol. The summed E-state index contributed by atoms with van der Waals surface area (Å²) in [4.78, 5) is 27.7. The van der Waals surface area contributed by atoms with Gasteiger partial charge in [0, 0.05) is 38.9 Å². The van der Waals surface area contributed by atoms with Gasteiger partial charge in [-0.15, -0.1) is 11.3 Å². The first-order chi connectivity index (χ1) is 14.1. The zero-order valence-electron chi connectivity index (χ0n) is 16.7. The van der Waals surface area contributed by atoms with Gasteiger partial charge in [-0.1, -0.05) is 18.2 Å². The molecule has 0 atom stereocenters. The number of likely N-dealkylation sites (N-methyl/N-ethyl adjacent to an activating group) is 1. The Balaban J connectivity index is 1.47. The van der Waals surface area contributed by atoms with Gasteiger partial charge in [-0.3, -0.25) is 4.79 Å². The number of carbonyl (C=O) groups excluding carboxylic acids is 1. The molecule has 2 aromatic heterocycles. The lowest BCUT2D eigenvalue weighted by Crippen LogP contribution is -2.37. The average Bonchev–Trinajstić information content (AvgIpc) is 3.11. The number of ether oxygens (including phenoxy) is 1. The fourth-order valence-electron chi connectivity index (χ4n) is 3.51. The van der Waals surface area contributed by atoms with Crippen molar-refractivity contribution in [1.82, 2.24) is 15.3 Å². The van der Waals surface area contributed by atoms with Gasteiger partial charge < -0.3 is 19.9 Å². The van der Waals surface area contributed by atoms with Crippen LogP contribution in [0.3, 0.4) is 0 Å². The highest BCUT2D eigenvalue weighted by molar-refractivity contribution is 7.20. The number of aryl methyl sites for hydroxylation is 1. The Morgan fingerprint density at radius 2 is 2.00 bits per heavy atom. The molecule has 0 bridgehead atoms. The maximum atomic E-state index is 12.8. The van der Waals surface area contributed by atoms with E-state index in [1.54, 1.807) is 6.33 Å². The minimum absolute atomic E-state index is 0.0557. The van der Waals surface area contributed by atoms with Crippen molar-refractivity contribution in [2.45, 2.75) is 6.92 Å². The predicted molar refractivity (Wildman–Crippen MR) is 117 cm³/mol. The zero-order valence-corrected chi connectivity index (χ0v) is 17.5. The third kappa shape index (κ3) is 4.18. The molecule has 4 rings (SSSR count). The number of rotatable bonds is 6. The van der Waals surface area contributed by atoms with Crippen molar-refractivity contribution in [3.63, 3.8) is 0 Å². The number of amides is 1. The molecule has 8 heteroatoms. The van der Waals surface area contributed by atoms with Crippen molar-refractivity contribution in [2.24, 2.45) is 0 Å². The van der Waals surface area contributed by atoms with Crippen LogP contribution in [0.5, 0.6) is 0 Å². The Labute approximate surface area is 174 Å². The van der Waals surface area contributed by atoms with Crippen molar-refractivity contribution >= 4 is 39.0 Å². The Morgan fingerprint density at radius 3 is 2.76 bits per heavy atom. The highest BCUT2D eigenvalue weighted by Gasteiger charge is 2.22. The van der Waals surface area contributed by atoms with Gasteiger partial charge in [0.15, 0.2) is 0 Å². The van der Waals surface area contributed by atoms with Gasteiger partial charge in [0.1, 0.15) is 17.0 Å². The smallest absolute Gasteiger partial charge is 0.261 e. The van der Waals surface area contributed by atoms with E-state index in [9.17, 15) is 4.79 Å². The Bertz CT molecular complexity index is 985.